The highest BCUT2D eigenvalue weighted by Crippen LogP contribution is 2.25. The minimum absolute atomic E-state index is 0.0840. The van der Waals surface area contributed by atoms with Crippen molar-refractivity contribution in [2.75, 3.05) is 26.2 Å². The molecule has 0 aliphatic carbocycles. The summed E-state index contributed by atoms with van der Waals surface area (Å²) in [6, 6.07) is 11.4. The number of halogens is 1. The molecule has 32 heavy (non-hydrogen) atoms. The molecule has 1 saturated heterocycles. The predicted octanol–water partition coefficient (Wildman–Crippen LogP) is 2.11. The zero-order valence-corrected chi connectivity index (χ0v) is 17.8. The van der Waals surface area contributed by atoms with Crippen LogP contribution in [0, 0.1) is 5.82 Å². The van der Waals surface area contributed by atoms with Crippen LogP contribution in [-0.2, 0) is 16.0 Å². The molecule has 0 bridgehead atoms. The van der Waals surface area contributed by atoms with Crippen LogP contribution in [-0.4, -0.2) is 70.5 Å². The van der Waals surface area contributed by atoms with Gasteiger partial charge >= 0.3 is 0 Å². The molecule has 1 fully saturated rings. The molecule has 8 heteroatoms. The lowest BCUT2D eigenvalue weighted by molar-refractivity contribution is -0.135. The van der Waals surface area contributed by atoms with Crippen LogP contribution in [0.5, 0.6) is 0 Å². The average Bonchev–Trinajstić information content (AvgIpc) is 2.95. The Morgan fingerprint density at radius 1 is 0.875 bits per heavy atom. The molecule has 0 spiro atoms. The topological polar surface area (TPSA) is 78.0 Å². The van der Waals surface area contributed by atoms with Gasteiger partial charge in [0.1, 0.15) is 11.9 Å². The first kappa shape index (κ1) is 21.7. The molecule has 2 aromatic carbocycles. The lowest BCUT2D eigenvalue weighted by atomic mass is 10.1. The first-order chi connectivity index (χ1) is 15.4. The molecule has 4 rings (SSSR count). The summed E-state index contributed by atoms with van der Waals surface area (Å²) in [7, 11) is 0. The van der Waals surface area contributed by atoms with Gasteiger partial charge in [-0.25, -0.2) is 4.39 Å². The second-order valence-corrected chi connectivity index (χ2v) is 8.06. The second-order valence-electron chi connectivity index (χ2n) is 8.06. The summed E-state index contributed by atoms with van der Waals surface area (Å²) in [5.74, 6) is -1.67. The van der Waals surface area contributed by atoms with Crippen molar-refractivity contribution in [2.45, 2.75) is 25.8 Å². The van der Waals surface area contributed by atoms with Crippen LogP contribution in [0.2, 0.25) is 0 Å². The predicted molar refractivity (Wildman–Crippen MR) is 114 cm³/mol. The maximum Gasteiger partial charge on any atom is 0.262 e. The smallest absolute Gasteiger partial charge is 0.262 e. The molecule has 2 aromatic rings. The van der Waals surface area contributed by atoms with Crippen molar-refractivity contribution in [3.05, 3.63) is 71.0 Å². The summed E-state index contributed by atoms with van der Waals surface area (Å²) in [5.41, 5.74) is 1.35. The number of fused-ring (bicyclic) bond motifs is 1. The van der Waals surface area contributed by atoms with Gasteiger partial charge in [0.2, 0.25) is 11.8 Å². The summed E-state index contributed by atoms with van der Waals surface area (Å²) in [6.45, 7) is 3.19. The van der Waals surface area contributed by atoms with Crippen molar-refractivity contribution in [2.24, 2.45) is 0 Å². The fourth-order valence-electron chi connectivity index (χ4n) is 4.21. The Morgan fingerprint density at radius 3 is 2.06 bits per heavy atom. The number of hydrogen-bond donors (Lipinski definition) is 0. The van der Waals surface area contributed by atoms with Gasteiger partial charge in [-0.15, -0.1) is 0 Å². The molecule has 0 N–H and O–H groups in total. The van der Waals surface area contributed by atoms with E-state index in [0.29, 0.717) is 43.7 Å². The quantitative estimate of drug-likeness (QED) is 0.687. The maximum atomic E-state index is 13.1. The number of amides is 4. The average molecular weight is 437 g/mol. The summed E-state index contributed by atoms with van der Waals surface area (Å²) in [6.07, 6.45) is 0.759. The third kappa shape index (κ3) is 4.12. The van der Waals surface area contributed by atoms with E-state index in [4.69, 9.17) is 0 Å². The molecule has 2 aliphatic rings. The SMILES string of the molecule is CC(C(=O)N1CCCN(C(=O)Cc2ccc(F)cc2)CC1)N1C(=O)c2ccccc2C1=O. The zero-order chi connectivity index (χ0) is 22.8. The summed E-state index contributed by atoms with van der Waals surface area (Å²) < 4.78 is 13.1. The molecule has 0 saturated carbocycles. The van der Waals surface area contributed by atoms with E-state index in [1.54, 1.807) is 53.1 Å². The monoisotopic (exact) mass is 437 g/mol. The highest BCUT2D eigenvalue weighted by Gasteiger charge is 2.41. The van der Waals surface area contributed by atoms with E-state index in [-0.39, 0.29) is 24.1 Å². The van der Waals surface area contributed by atoms with E-state index >= 15 is 0 Å². The van der Waals surface area contributed by atoms with E-state index in [9.17, 15) is 23.6 Å². The van der Waals surface area contributed by atoms with Crippen LogP contribution in [0.3, 0.4) is 0 Å². The van der Waals surface area contributed by atoms with Gasteiger partial charge in [-0.05, 0) is 43.2 Å². The largest absolute Gasteiger partial charge is 0.341 e. The first-order valence-electron chi connectivity index (χ1n) is 10.6. The van der Waals surface area contributed by atoms with Crippen molar-refractivity contribution in [1.29, 1.82) is 0 Å². The number of carbonyl (C=O) groups is 4. The molecular formula is C24H24FN3O4. The number of nitrogens with zero attached hydrogens (tertiary/aromatic N) is 3. The van der Waals surface area contributed by atoms with Gasteiger partial charge in [-0.3, -0.25) is 24.1 Å². The molecule has 166 valence electrons. The molecule has 0 radical (unpaired) electrons. The standard InChI is InChI=1S/C24H24FN3O4/c1-16(28-23(31)19-5-2-3-6-20(19)24(28)32)22(30)27-12-4-11-26(13-14-27)21(29)15-17-7-9-18(25)10-8-17/h2-3,5-10,16H,4,11-15H2,1H3. The van der Waals surface area contributed by atoms with E-state index < -0.39 is 17.9 Å². The fraction of sp³-hybridized carbons (Fsp3) is 0.333. The molecule has 1 unspecified atom stereocenters. The van der Waals surface area contributed by atoms with Gasteiger partial charge in [-0.2, -0.15) is 0 Å². The third-order valence-electron chi connectivity index (χ3n) is 6.00. The van der Waals surface area contributed by atoms with E-state index in [1.807, 2.05) is 0 Å². The molecule has 1 atom stereocenters. The van der Waals surface area contributed by atoms with Crippen molar-refractivity contribution in [1.82, 2.24) is 14.7 Å². The molecular weight excluding hydrogens is 413 g/mol. The van der Waals surface area contributed by atoms with Crippen LogP contribution in [0.4, 0.5) is 4.39 Å². The van der Waals surface area contributed by atoms with Crippen LogP contribution in [0.1, 0.15) is 39.6 Å². The van der Waals surface area contributed by atoms with Gasteiger partial charge in [-0.1, -0.05) is 24.3 Å². The lowest BCUT2D eigenvalue weighted by Gasteiger charge is -2.28. The lowest BCUT2D eigenvalue weighted by Crippen LogP contribution is -2.50. The van der Waals surface area contributed by atoms with Crippen molar-refractivity contribution in [3.63, 3.8) is 0 Å². The number of carbonyl (C=O) groups excluding carboxylic acids is 4. The zero-order valence-electron chi connectivity index (χ0n) is 17.8. The molecule has 0 aromatic heterocycles. The normalized spacial score (nSPS) is 17.2. The van der Waals surface area contributed by atoms with Gasteiger partial charge in [0.05, 0.1) is 17.5 Å². The summed E-state index contributed by atoms with van der Waals surface area (Å²) in [5, 5.41) is 0. The second kappa shape index (κ2) is 8.90. The van der Waals surface area contributed by atoms with Gasteiger partial charge in [0, 0.05) is 26.2 Å². The number of rotatable bonds is 4. The number of hydrogen-bond acceptors (Lipinski definition) is 4. The Morgan fingerprint density at radius 2 is 1.44 bits per heavy atom. The van der Waals surface area contributed by atoms with Crippen LogP contribution < -0.4 is 0 Å². The van der Waals surface area contributed by atoms with E-state index in [1.165, 1.54) is 12.1 Å². The summed E-state index contributed by atoms with van der Waals surface area (Å²) in [4.78, 5) is 55.5. The molecule has 4 amide bonds. The Bertz CT molecular complexity index is 1030. The molecule has 2 heterocycles. The molecule has 2 aliphatic heterocycles. The minimum Gasteiger partial charge on any atom is -0.341 e. The number of benzene rings is 2. The first-order valence-corrected chi connectivity index (χ1v) is 10.6. The van der Waals surface area contributed by atoms with Crippen molar-refractivity contribution < 1.29 is 23.6 Å². The van der Waals surface area contributed by atoms with Gasteiger partial charge < -0.3 is 9.80 Å². The summed E-state index contributed by atoms with van der Waals surface area (Å²) >= 11 is 0. The van der Waals surface area contributed by atoms with Crippen LogP contribution >= 0.6 is 0 Å². The Balaban J connectivity index is 1.38. The van der Waals surface area contributed by atoms with Crippen LogP contribution in [0.15, 0.2) is 48.5 Å². The van der Waals surface area contributed by atoms with Crippen molar-refractivity contribution >= 4 is 23.6 Å². The van der Waals surface area contributed by atoms with E-state index in [2.05, 4.69) is 0 Å². The van der Waals surface area contributed by atoms with E-state index in [0.717, 1.165) is 10.5 Å². The Hall–Kier alpha value is -3.55. The highest BCUT2D eigenvalue weighted by molar-refractivity contribution is 6.22. The van der Waals surface area contributed by atoms with Crippen LogP contribution in [0.25, 0.3) is 0 Å². The maximum absolute atomic E-state index is 13.1. The van der Waals surface area contributed by atoms with Crippen molar-refractivity contribution in [3.8, 4) is 0 Å². The third-order valence-corrected chi connectivity index (χ3v) is 6.00. The van der Waals surface area contributed by atoms with Gasteiger partial charge in [0.15, 0.2) is 0 Å². The minimum atomic E-state index is -0.927. The molecule has 7 nitrogen and oxygen atoms in total. The highest BCUT2D eigenvalue weighted by atomic mass is 19.1. The Kier molecular flexibility index (Phi) is 6.03. The van der Waals surface area contributed by atoms with Gasteiger partial charge in [0.25, 0.3) is 11.8 Å². The fourth-order valence-corrected chi connectivity index (χ4v) is 4.21. The number of imide groups is 1. The Labute approximate surface area is 185 Å².